The molecule has 0 unspecified atom stereocenters. The van der Waals surface area contributed by atoms with Crippen molar-refractivity contribution in [3.8, 4) is 0 Å². The number of nitrogens with one attached hydrogen (secondary N) is 1. The van der Waals surface area contributed by atoms with E-state index < -0.39 is 0 Å². The summed E-state index contributed by atoms with van der Waals surface area (Å²) in [5, 5.41) is 3.25. The number of benzene rings is 1. The molecule has 0 spiro atoms. The molecule has 4 nitrogen and oxygen atoms in total. The molecule has 1 N–H and O–H groups in total. The largest absolute Gasteiger partial charge is 0.342 e. The standard InChI is InChI=1S/C15H19ClN2O2/c16-12-6-5-7-13(10-12)17-14(19)11-15(20)18-8-3-1-2-4-9-18/h5-7,10H,1-4,8-9,11H2,(H,17,19). The number of halogens is 1. The van der Waals surface area contributed by atoms with Gasteiger partial charge in [0, 0.05) is 23.8 Å². The van der Waals surface area contributed by atoms with E-state index in [1.54, 1.807) is 29.2 Å². The summed E-state index contributed by atoms with van der Waals surface area (Å²) < 4.78 is 0. The lowest BCUT2D eigenvalue weighted by Crippen LogP contribution is -2.34. The van der Waals surface area contributed by atoms with Crippen LogP contribution in [0.3, 0.4) is 0 Å². The molecule has 20 heavy (non-hydrogen) atoms. The van der Waals surface area contributed by atoms with Gasteiger partial charge in [-0.1, -0.05) is 30.5 Å². The van der Waals surface area contributed by atoms with E-state index >= 15 is 0 Å². The van der Waals surface area contributed by atoms with Gasteiger partial charge in [0.15, 0.2) is 0 Å². The third-order valence-electron chi connectivity index (χ3n) is 3.38. The molecule has 1 fully saturated rings. The smallest absolute Gasteiger partial charge is 0.233 e. The van der Waals surface area contributed by atoms with E-state index in [-0.39, 0.29) is 18.2 Å². The maximum Gasteiger partial charge on any atom is 0.233 e. The van der Waals surface area contributed by atoms with Crippen LogP contribution in [0.15, 0.2) is 24.3 Å². The first-order valence-corrected chi connectivity index (χ1v) is 7.36. The molecule has 0 aromatic heterocycles. The van der Waals surface area contributed by atoms with Crippen molar-refractivity contribution < 1.29 is 9.59 Å². The van der Waals surface area contributed by atoms with Gasteiger partial charge < -0.3 is 10.2 Å². The topological polar surface area (TPSA) is 49.4 Å². The Balaban J connectivity index is 1.85. The van der Waals surface area contributed by atoms with Crippen molar-refractivity contribution in [1.82, 2.24) is 4.90 Å². The van der Waals surface area contributed by atoms with Crippen molar-refractivity contribution in [2.45, 2.75) is 32.1 Å². The van der Waals surface area contributed by atoms with Crippen LogP contribution in [0.1, 0.15) is 32.1 Å². The fraction of sp³-hybridized carbons (Fsp3) is 0.467. The van der Waals surface area contributed by atoms with E-state index in [0.717, 1.165) is 25.9 Å². The predicted molar refractivity (Wildman–Crippen MR) is 79.7 cm³/mol. The molecule has 0 aliphatic carbocycles. The molecule has 5 heteroatoms. The number of hydrogen-bond acceptors (Lipinski definition) is 2. The van der Waals surface area contributed by atoms with Gasteiger partial charge in [0.2, 0.25) is 11.8 Å². The first-order chi connectivity index (χ1) is 9.65. The molecule has 2 rings (SSSR count). The molecular formula is C15H19ClN2O2. The first kappa shape index (κ1) is 14.9. The number of nitrogens with zero attached hydrogens (tertiary/aromatic N) is 1. The van der Waals surface area contributed by atoms with Crippen LogP contribution in [0, 0.1) is 0 Å². The Hall–Kier alpha value is -1.55. The van der Waals surface area contributed by atoms with Gasteiger partial charge in [-0.3, -0.25) is 9.59 Å². The van der Waals surface area contributed by atoms with Crippen molar-refractivity contribution in [2.75, 3.05) is 18.4 Å². The van der Waals surface area contributed by atoms with Gasteiger partial charge in [0.05, 0.1) is 0 Å². The first-order valence-electron chi connectivity index (χ1n) is 6.98. The van der Waals surface area contributed by atoms with Gasteiger partial charge in [0.1, 0.15) is 6.42 Å². The van der Waals surface area contributed by atoms with Crippen molar-refractivity contribution in [3.63, 3.8) is 0 Å². The summed E-state index contributed by atoms with van der Waals surface area (Å²) in [5.41, 5.74) is 0.617. The molecule has 1 aromatic carbocycles. The Morgan fingerprint density at radius 1 is 1.15 bits per heavy atom. The molecule has 1 saturated heterocycles. The minimum atomic E-state index is -0.290. The highest BCUT2D eigenvalue weighted by Gasteiger charge is 2.18. The Morgan fingerprint density at radius 3 is 2.50 bits per heavy atom. The van der Waals surface area contributed by atoms with Gasteiger partial charge in [-0.25, -0.2) is 0 Å². The fourth-order valence-electron chi connectivity index (χ4n) is 2.34. The lowest BCUT2D eigenvalue weighted by molar-refractivity contribution is -0.134. The highest BCUT2D eigenvalue weighted by Crippen LogP contribution is 2.15. The highest BCUT2D eigenvalue weighted by atomic mass is 35.5. The lowest BCUT2D eigenvalue weighted by Gasteiger charge is -2.19. The number of anilines is 1. The zero-order valence-electron chi connectivity index (χ0n) is 11.4. The maximum atomic E-state index is 12.1. The van der Waals surface area contributed by atoms with Gasteiger partial charge in [-0.05, 0) is 31.0 Å². The molecule has 1 heterocycles. The second-order valence-corrected chi connectivity index (χ2v) is 5.47. The van der Waals surface area contributed by atoms with E-state index in [4.69, 9.17) is 11.6 Å². The SMILES string of the molecule is O=C(CC(=O)N1CCCCCC1)Nc1cccc(Cl)c1. The van der Waals surface area contributed by atoms with Crippen molar-refractivity contribution in [2.24, 2.45) is 0 Å². The molecule has 108 valence electrons. The average Bonchev–Trinajstić information content (AvgIpc) is 2.67. The third-order valence-corrected chi connectivity index (χ3v) is 3.61. The molecule has 0 radical (unpaired) electrons. The van der Waals surface area contributed by atoms with Gasteiger partial charge in [-0.15, -0.1) is 0 Å². The van der Waals surface area contributed by atoms with E-state index in [9.17, 15) is 9.59 Å². The quantitative estimate of drug-likeness (QED) is 0.871. The molecule has 1 aliphatic heterocycles. The molecule has 0 atom stereocenters. The summed E-state index contributed by atoms with van der Waals surface area (Å²) in [6.45, 7) is 1.53. The highest BCUT2D eigenvalue weighted by molar-refractivity contribution is 6.30. The summed E-state index contributed by atoms with van der Waals surface area (Å²) in [6.07, 6.45) is 4.28. The third kappa shape index (κ3) is 4.53. The Kier molecular flexibility index (Phi) is 5.41. The molecule has 0 saturated carbocycles. The maximum absolute atomic E-state index is 12.1. The monoisotopic (exact) mass is 294 g/mol. The Labute approximate surface area is 124 Å². The van der Waals surface area contributed by atoms with Crippen molar-refractivity contribution in [3.05, 3.63) is 29.3 Å². The number of carbonyl (C=O) groups is 2. The van der Waals surface area contributed by atoms with Crippen LogP contribution in [0.5, 0.6) is 0 Å². The molecule has 2 amide bonds. The van der Waals surface area contributed by atoms with E-state index in [1.165, 1.54) is 12.8 Å². The Morgan fingerprint density at radius 2 is 1.85 bits per heavy atom. The molecular weight excluding hydrogens is 276 g/mol. The number of likely N-dealkylation sites (tertiary alicyclic amines) is 1. The van der Waals surface area contributed by atoms with Gasteiger partial charge in [-0.2, -0.15) is 0 Å². The number of rotatable bonds is 3. The predicted octanol–water partition coefficient (Wildman–Crippen LogP) is 3.07. The van der Waals surface area contributed by atoms with E-state index in [1.807, 2.05) is 0 Å². The van der Waals surface area contributed by atoms with Crippen LogP contribution in [-0.4, -0.2) is 29.8 Å². The molecule has 1 aromatic rings. The van der Waals surface area contributed by atoms with Crippen molar-refractivity contribution >= 4 is 29.1 Å². The number of hydrogen-bond donors (Lipinski definition) is 1. The van der Waals surface area contributed by atoms with Crippen LogP contribution in [0.25, 0.3) is 0 Å². The summed E-state index contributed by atoms with van der Waals surface area (Å²) >= 11 is 5.85. The van der Waals surface area contributed by atoms with Crippen LogP contribution in [-0.2, 0) is 9.59 Å². The fourth-order valence-corrected chi connectivity index (χ4v) is 2.53. The lowest BCUT2D eigenvalue weighted by atomic mass is 10.2. The minimum absolute atomic E-state index is 0.0913. The molecule has 1 aliphatic rings. The van der Waals surface area contributed by atoms with E-state index in [0.29, 0.717) is 10.7 Å². The van der Waals surface area contributed by atoms with Crippen LogP contribution in [0.4, 0.5) is 5.69 Å². The zero-order chi connectivity index (χ0) is 14.4. The summed E-state index contributed by atoms with van der Waals surface area (Å²) in [5.74, 6) is -0.382. The van der Waals surface area contributed by atoms with Crippen LogP contribution < -0.4 is 5.32 Å². The van der Waals surface area contributed by atoms with E-state index in [2.05, 4.69) is 5.32 Å². The molecule has 0 bridgehead atoms. The summed E-state index contributed by atoms with van der Waals surface area (Å²) in [4.78, 5) is 25.7. The summed E-state index contributed by atoms with van der Waals surface area (Å²) in [7, 11) is 0. The van der Waals surface area contributed by atoms with Gasteiger partial charge in [0.25, 0.3) is 0 Å². The normalized spacial score (nSPS) is 15.6. The van der Waals surface area contributed by atoms with Crippen LogP contribution in [0.2, 0.25) is 5.02 Å². The zero-order valence-corrected chi connectivity index (χ0v) is 12.2. The van der Waals surface area contributed by atoms with Crippen molar-refractivity contribution in [1.29, 1.82) is 0 Å². The van der Waals surface area contributed by atoms with Crippen LogP contribution >= 0.6 is 11.6 Å². The Bertz CT molecular complexity index is 483. The average molecular weight is 295 g/mol. The van der Waals surface area contributed by atoms with Gasteiger partial charge >= 0.3 is 0 Å². The second kappa shape index (κ2) is 7.29. The minimum Gasteiger partial charge on any atom is -0.342 e. The summed E-state index contributed by atoms with van der Waals surface area (Å²) in [6, 6.07) is 6.91. The number of amides is 2. The second-order valence-electron chi connectivity index (χ2n) is 5.03. The number of carbonyl (C=O) groups excluding carboxylic acids is 2.